The van der Waals surface area contributed by atoms with Crippen LogP contribution in [0, 0.1) is 12.7 Å². The van der Waals surface area contributed by atoms with Gasteiger partial charge in [-0.25, -0.2) is 12.8 Å². The minimum absolute atomic E-state index is 0.0869. The van der Waals surface area contributed by atoms with Crippen LogP contribution in [0.3, 0.4) is 0 Å². The summed E-state index contributed by atoms with van der Waals surface area (Å²) < 4.78 is 40.3. The fourth-order valence-corrected chi connectivity index (χ4v) is 2.91. The van der Waals surface area contributed by atoms with Crippen molar-refractivity contribution < 1.29 is 17.6 Å². The number of sulfonamides is 1. The molecule has 2 aromatic carbocycles. The molecule has 0 aliphatic rings. The molecule has 0 aromatic heterocycles. The molecule has 2 aromatic rings. The zero-order valence-electron chi connectivity index (χ0n) is 11.6. The summed E-state index contributed by atoms with van der Waals surface area (Å²) in [7, 11) is -3.95. The summed E-state index contributed by atoms with van der Waals surface area (Å²) in [5.41, 5.74) is 0.886. The average molecular weight is 307 g/mol. The fourth-order valence-electron chi connectivity index (χ4n) is 1.80. The van der Waals surface area contributed by atoms with Gasteiger partial charge >= 0.3 is 0 Å². The third kappa shape index (κ3) is 3.46. The number of carbonyl (C=O) groups excluding carboxylic acids is 1. The molecule has 0 saturated heterocycles. The zero-order valence-corrected chi connectivity index (χ0v) is 12.4. The lowest BCUT2D eigenvalue weighted by Gasteiger charge is -2.10. The molecular weight excluding hydrogens is 293 g/mol. The van der Waals surface area contributed by atoms with Crippen molar-refractivity contribution in [2.75, 3.05) is 4.72 Å². The van der Waals surface area contributed by atoms with E-state index in [4.69, 9.17) is 0 Å². The van der Waals surface area contributed by atoms with E-state index in [9.17, 15) is 17.6 Å². The second-order valence-electron chi connectivity index (χ2n) is 4.67. The van der Waals surface area contributed by atoms with Crippen LogP contribution in [-0.2, 0) is 10.0 Å². The molecule has 110 valence electrons. The average Bonchev–Trinajstić information content (AvgIpc) is 2.43. The Bertz CT molecular complexity index is 800. The largest absolute Gasteiger partial charge is 0.295 e. The third-order valence-corrected chi connectivity index (χ3v) is 4.28. The minimum Gasteiger partial charge on any atom is -0.295 e. The molecule has 0 spiro atoms. The van der Waals surface area contributed by atoms with Gasteiger partial charge in [0.25, 0.3) is 10.0 Å². The number of aryl methyl sites for hydroxylation is 1. The molecule has 0 aliphatic carbocycles. The van der Waals surface area contributed by atoms with Crippen LogP contribution in [0.5, 0.6) is 0 Å². The first-order valence-electron chi connectivity index (χ1n) is 6.19. The lowest BCUT2D eigenvalue weighted by Crippen LogP contribution is -2.14. The Kier molecular flexibility index (Phi) is 4.09. The summed E-state index contributed by atoms with van der Waals surface area (Å²) in [6.45, 7) is 3.08. The van der Waals surface area contributed by atoms with Crippen LogP contribution in [0.2, 0.25) is 0 Å². The van der Waals surface area contributed by atoms with Crippen LogP contribution >= 0.6 is 0 Å². The van der Waals surface area contributed by atoms with Gasteiger partial charge in [0.1, 0.15) is 5.82 Å². The molecule has 0 radical (unpaired) electrons. The van der Waals surface area contributed by atoms with E-state index in [1.807, 2.05) is 0 Å². The Morgan fingerprint density at radius 3 is 2.52 bits per heavy atom. The highest BCUT2D eigenvalue weighted by Crippen LogP contribution is 2.21. The Balaban J connectivity index is 2.41. The summed E-state index contributed by atoms with van der Waals surface area (Å²) >= 11 is 0. The van der Waals surface area contributed by atoms with Gasteiger partial charge in [-0.05, 0) is 43.7 Å². The smallest absolute Gasteiger partial charge is 0.262 e. The van der Waals surface area contributed by atoms with E-state index in [2.05, 4.69) is 4.72 Å². The second-order valence-corrected chi connectivity index (χ2v) is 6.36. The van der Waals surface area contributed by atoms with Crippen molar-refractivity contribution in [3.8, 4) is 0 Å². The van der Waals surface area contributed by atoms with Gasteiger partial charge in [0.05, 0.1) is 10.6 Å². The quantitative estimate of drug-likeness (QED) is 0.883. The van der Waals surface area contributed by atoms with Crippen LogP contribution < -0.4 is 4.72 Å². The minimum atomic E-state index is -3.95. The van der Waals surface area contributed by atoms with E-state index in [-0.39, 0.29) is 21.9 Å². The van der Waals surface area contributed by atoms with Crippen molar-refractivity contribution in [1.82, 2.24) is 0 Å². The van der Waals surface area contributed by atoms with Crippen molar-refractivity contribution in [2.45, 2.75) is 18.7 Å². The molecule has 21 heavy (non-hydrogen) atoms. The Morgan fingerprint density at radius 2 is 1.86 bits per heavy atom. The van der Waals surface area contributed by atoms with E-state index in [0.29, 0.717) is 0 Å². The van der Waals surface area contributed by atoms with Crippen LogP contribution in [0.25, 0.3) is 0 Å². The van der Waals surface area contributed by atoms with Crippen molar-refractivity contribution in [2.24, 2.45) is 0 Å². The van der Waals surface area contributed by atoms with Gasteiger partial charge in [-0.1, -0.05) is 18.2 Å². The van der Waals surface area contributed by atoms with Crippen molar-refractivity contribution in [1.29, 1.82) is 0 Å². The first-order chi connectivity index (χ1) is 9.79. The van der Waals surface area contributed by atoms with E-state index in [1.165, 1.54) is 43.3 Å². The number of nitrogens with one attached hydrogen (secondary N) is 1. The Morgan fingerprint density at radius 1 is 1.14 bits per heavy atom. The predicted molar refractivity (Wildman–Crippen MR) is 78.4 cm³/mol. The van der Waals surface area contributed by atoms with Crippen LogP contribution in [0.1, 0.15) is 22.8 Å². The number of carbonyl (C=O) groups is 1. The molecule has 0 aliphatic heterocycles. The van der Waals surface area contributed by atoms with E-state index in [1.54, 1.807) is 13.0 Å². The van der Waals surface area contributed by atoms with Crippen molar-refractivity contribution >= 4 is 21.5 Å². The third-order valence-electron chi connectivity index (χ3n) is 2.92. The molecule has 0 saturated carbocycles. The second kappa shape index (κ2) is 5.65. The number of Topliss-reactive ketones (excluding diaryl/α,β-unsaturated/α-hetero) is 1. The van der Waals surface area contributed by atoms with Crippen molar-refractivity contribution in [3.63, 3.8) is 0 Å². The van der Waals surface area contributed by atoms with E-state index >= 15 is 0 Å². The van der Waals surface area contributed by atoms with Gasteiger partial charge in [-0.15, -0.1) is 0 Å². The monoisotopic (exact) mass is 307 g/mol. The molecule has 1 N–H and O–H groups in total. The van der Waals surface area contributed by atoms with Gasteiger partial charge < -0.3 is 0 Å². The highest BCUT2D eigenvalue weighted by Gasteiger charge is 2.17. The number of benzene rings is 2. The maximum Gasteiger partial charge on any atom is 0.262 e. The summed E-state index contributed by atoms with van der Waals surface area (Å²) in [5.74, 6) is -0.902. The molecule has 2 rings (SSSR count). The number of halogens is 1. The van der Waals surface area contributed by atoms with Crippen LogP contribution in [-0.4, -0.2) is 14.2 Å². The summed E-state index contributed by atoms with van der Waals surface area (Å²) in [4.78, 5) is 11.2. The first kappa shape index (κ1) is 15.2. The predicted octanol–water partition coefficient (Wildman–Crippen LogP) is 3.14. The zero-order chi connectivity index (χ0) is 15.6. The molecule has 6 heteroatoms. The van der Waals surface area contributed by atoms with Gasteiger partial charge in [-0.2, -0.15) is 0 Å². The molecule has 4 nitrogen and oxygen atoms in total. The number of rotatable bonds is 4. The van der Waals surface area contributed by atoms with Gasteiger partial charge in [0.2, 0.25) is 0 Å². The number of anilines is 1. The number of hydrogen-bond donors (Lipinski definition) is 1. The van der Waals surface area contributed by atoms with Gasteiger partial charge in [0, 0.05) is 5.56 Å². The van der Waals surface area contributed by atoms with Gasteiger partial charge in [-0.3, -0.25) is 9.52 Å². The summed E-state index contributed by atoms with van der Waals surface area (Å²) in [6, 6.07) is 9.75. The molecule has 0 fully saturated rings. The SMILES string of the molecule is CC(=O)c1cccc(S(=O)(=O)Nc2cc(C)ccc2F)c1. The highest BCUT2D eigenvalue weighted by atomic mass is 32.2. The molecule has 0 bridgehead atoms. The summed E-state index contributed by atoms with van der Waals surface area (Å²) in [6.07, 6.45) is 0. The fraction of sp³-hybridized carbons (Fsp3) is 0.133. The normalized spacial score (nSPS) is 11.2. The highest BCUT2D eigenvalue weighted by molar-refractivity contribution is 7.92. The van der Waals surface area contributed by atoms with E-state index in [0.717, 1.165) is 5.56 Å². The topological polar surface area (TPSA) is 63.2 Å². The standard InChI is InChI=1S/C15H14FNO3S/c1-10-6-7-14(16)15(8-10)17-21(19,20)13-5-3-4-12(9-13)11(2)18/h3-9,17H,1-2H3. The van der Waals surface area contributed by atoms with Crippen LogP contribution in [0.4, 0.5) is 10.1 Å². The summed E-state index contributed by atoms with van der Waals surface area (Å²) in [5, 5.41) is 0. The molecule has 0 heterocycles. The maximum atomic E-state index is 13.6. The Labute approximate surface area is 122 Å². The van der Waals surface area contributed by atoms with Crippen LogP contribution in [0.15, 0.2) is 47.4 Å². The first-order valence-corrected chi connectivity index (χ1v) is 7.68. The molecule has 0 unspecified atom stereocenters. The van der Waals surface area contributed by atoms with E-state index < -0.39 is 15.8 Å². The molecule has 0 atom stereocenters. The molecular formula is C15H14FNO3S. The lowest BCUT2D eigenvalue weighted by molar-refractivity contribution is 0.101. The van der Waals surface area contributed by atoms with Gasteiger partial charge in [0.15, 0.2) is 5.78 Å². The number of hydrogen-bond acceptors (Lipinski definition) is 3. The van der Waals surface area contributed by atoms with Crippen molar-refractivity contribution in [3.05, 3.63) is 59.4 Å². The maximum absolute atomic E-state index is 13.6. The Hall–Kier alpha value is -2.21. The number of ketones is 1. The molecule has 0 amide bonds. The lowest BCUT2D eigenvalue weighted by atomic mass is 10.2.